The minimum atomic E-state index is -0.0518. The van der Waals surface area contributed by atoms with Gasteiger partial charge in [-0.1, -0.05) is 56.3 Å². The van der Waals surface area contributed by atoms with Gasteiger partial charge in [-0.2, -0.15) is 0 Å². The van der Waals surface area contributed by atoms with Gasteiger partial charge in [0.1, 0.15) is 0 Å². The van der Waals surface area contributed by atoms with Crippen molar-refractivity contribution < 1.29 is 4.79 Å². The van der Waals surface area contributed by atoms with Crippen molar-refractivity contribution in [2.75, 3.05) is 0 Å². The summed E-state index contributed by atoms with van der Waals surface area (Å²) in [5.74, 6) is 1.05. The highest BCUT2D eigenvalue weighted by atomic mass is 32.1. The highest BCUT2D eigenvalue weighted by molar-refractivity contribution is 7.10. The Morgan fingerprint density at radius 3 is 2.54 bits per heavy atom. The molecule has 2 atom stereocenters. The molecule has 2 aromatic rings. The van der Waals surface area contributed by atoms with Crippen LogP contribution in [0.3, 0.4) is 0 Å². The van der Waals surface area contributed by atoms with E-state index in [4.69, 9.17) is 0 Å². The van der Waals surface area contributed by atoms with Gasteiger partial charge in [-0.25, -0.2) is 0 Å². The molecule has 1 aliphatic rings. The Morgan fingerprint density at radius 2 is 1.96 bits per heavy atom. The van der Waals surface area contributed by atoms with Crippen LogP contribution in [0.5, 0.6) is 0 Å². The van der Waals surface area contributed by atoms with E-state index in [9.17, 15) is 4.79 Å². The van der Waals surface area contributed by atoms with Crippen molar-refractivity contribution in [1.82, 2.24) is 5.32 Å². The summed E-state index contributed by atoms with van der Waals surface area (Å²) in [5, 5.41) is 5.32. The first kappa shape index (κ1) is 17.0. The van der Waals surface area contributed by atoms with E-state index in [-0.39, 0.29) is 11.9 Å². The van der Waals surface area contributed by atoms with E-state index in [1.165, 1.54) is 10.4 Å². The summed E-state index contributed by atoms with van der Waals surface area (Å²) in [5.41, 5.74) is 2.48. The van der Waals surface area contributed by atoms with Crippen LogP contribution in [0, 0.1) is 5.92 Å². The van der Waals surface area contributed by atoms with Crippen LogP contribution < -0.4 is 5.32 Å². The molecule has 2 nitrogen and oxygen atoms in total. The normalized spacial score (nSPS) is 18.0. The third-order valence-electron chi connectivity index (χ3n) is 4.63. The van der Waals surface area contributed by atoms with Gasteiger partial charge in [-0.3, -0.25) is 4.79 Å². The van der Waals surface area contributed by atoms with Crippen molar-refractivity contribution in [1.29, 1.82) is 0 Å². The lowest BCUT2D eigenvalue weighted by molar-refractivity contribution is -0.122. The maximum Gasteiger partial charge on any atom is 0.221 e. The van der Waals surface area contributed by atoms with Gasteiger partial charge in [-0.15, -0.1) is 11.3 Å². The molecule has 0 bridgehead atoms. The topological polar surface area (TPSA) is 29.1 Å². The third kappa shape index (κ3) is 4.15. The van der Waals surface area contributed by atoms with Gasteiger partial charge in [0.2, 0.25) is 5.91 Å². The largest absolute Gasteiger partial charge is 0.344 e. The van der Waals surface area contributed by atoms with E-state index in [1.54, 1.807) is 11.3 Å². The molecule has 1 aromatic carbocycles. The lowest BCUT2D eigenvalue weighted by Crippen LogP contribution is -2.29. The number of thiophene rings is 1. The molecule has 0 aliphatic heterocycles. The smallest absolute Gasteiger partial charge is 0.221 e. The summed E-state index contributed by atoms with van der Waals surface area (Å²) in [6.07, 6.45) is 7.14. The lowest BCUT2D eigenvalue weighted by atomic mass is 9.98. The predicted octanol–water partition coefficient (Wildman–Crippen LogP) is 5.43. The van der Waals surface area contributed by atoms with E-state index < -0.39 is 0 Å². The van der Waals surface area contributed by atoms with Crippen LogP contribution in [0.2, 0.25) is 0 Å². The zero-order valence-electron chi connectivity index (χ0n) is 14.4. The molecule has 1 heterocycles. The monoisotopic (exact) mass is 339 g/mol. The van der Waals surface area contributed by atoms with Gasteiger partial charge < -0.3 is 5.32 Å². The third-order valence-corrected chi connectivity index (χ3v) is 5.57. The lowest BCUT2D eigenvalue weighted by Gasteiger charge is -2.20. The summed E-state index contributed by atoms with van der Waals surface area (Å²) >= 11 is 1.69. The molecule has 0 radical (unpaired) electrons. The average molecular weight is 340 g/mol. The number of amides is 1. The number of nitrogens with one attached hydrogen (secondary N) is 1. The van der Waals surface area contributed by atoms with Gasteiger partial charge in [0.25, 0.3) is 0 Å². The maximum absolute atomic E-state index is 12.5. The van der Waals surface area contributed by atoms with Crippen LogP contribution in [0.1, 0.15) is 61.1 Å². The van der Waals surface area contributed by atoms with Crippen molar-refractivity contribution in [3.05, 3.63) is 69.9 Å². The Morgan fingerprint density at radius 1 is 1.21 bits per heavy atom. The first-order chi connectivity index (χ1) is 11.6. The van der Waals surface area contributed by atoms with Crippen molar-refractivity contribution in [3.8, 4) is 0 Å². The van der Waals surface area contributed by atoms with Crippen molar-refractivity contribution in [2.24, 2.45) is 5.92 Å². The van der Waals surface area contributed by atoms with Crippen molar-refractivity contribution in [3.63, 3.8) is 0 Å². The molecule has 0 saturated heterocycles. The number of hydrogen-bond donors (Lipinski definition) is 1. The Labute approximate surface area is 148 Å². The van der Waals surface area contributed by atoms with Crippen LogP contribution in [0.25, 0.3) is 0 Å². The van der Waals surface area contributed by atoms with Crippen molar-refractivity contribution >= 4 is 17.2 Å². The molecule has 1 amide bonds. The summed E-state index contributed by atoms with van der Waals surface area (Å²) in [6, 6.07) is 12.7. The summed E-state index contributed by atoms with van der Waals surface area (Å²) < 4.78 is 0. The average Bonchev–Trinajstić information content (AvgIpc) is 3.26. The summed E-state index contributed by atoms with van der Waals surface area (Å²) in [4.78, 5) is 13.7. The molecular formula is C21H25NOS. The fraction of sp³-hybridized carbons (Fsp3) is 0.381. The van der Waals surface area contributed by atoms with E-state index in [1.807, 2.05) is 6.07 Å². The fourth-order valence-corrected chi connectivity index (χ4v) is 3.97. The Hall–Kier alpha value is -1.87. The van der Waals surface area contributed by atoms with Gasteiger partial charge >= 0.3 is 0 Å². The zero-order chi connectivity index (χ0) is 16.9. The first-order valence-corrected chi connectivity index (χ1v) is 9.60. The molecule has 1 aromatic heterocycles. The quantitative estimate of drug-likeness (QED) is 0.698. The number of hydrogen-bond acceptors (Lipinski definition) is 2. The molecule has 0 spiro atoms. The standard InChI is InChI=1S/C21H25NOS/c1-15(2)17-9-11-18(12-10-17)21(19-8-5-13-24-19)22-20(23)14-16-6-3-4-7-16/h3,5-6,8-13,15-16,21H,4,7,14H2,1-2H3,(H,22,23). The van der Waals surface area contributed by atoms with E-state index in [0.717, 1.165) is 18.4 Å². The number of benzene rings is 1. The molecule has 0 fully saturated rings. The van der Waals surface area contributed by atoms with Crippen LogP contribution in [-0.4, -0.2) is 5.91 Å². The first-order valence-electron chi connectivity index (χ1n) is 8.73. The van der Waals surface area contributed by atoms with Crippen LogP contribution in [0.15, 0.2) is 53.9 Å². The highest BCUT2D eigenvalue weighted by Crippen LogP contribution is 2.28. The molecule has 3 rings (SSSR count). The number of carbonyl (C=O) groups is 1. The number of rotatable bonds is 6. The predicted molar refractivity (Wildman–Crippen MR) is 101 cm³/mol. The fourth-order valence-electron chi connectivity index (χ4n) is 3.17. The molecule has 1 aliphatic carbocycles. The van der Waals surface area contributed by atoms with Gasteiger partial charge in [0, 0.05) is 11.3 Å². The molecule has 1 N–H and O–H groups in total. The second kappa shape index (κ2) is 7.80. The zero-order valence-corrected chi connectivity index (χ0v) is 15.2. The Bertz CT molecular complexity index is 685. The van der Waals surface area contributed by atoms with E-state index >= 15 is 0 Å². The molecular weight excluding hydrogens is 314 g/mol. The number of allylic oxidation sites excluding steroid dienone is 2. The summed E-state index contributed by atoms with van der Waals surface area (Å²) in [7, 11) is 0. The molecule has 24 heavy (non-hydrogen) atoms. The maximum atomic E-state index is 12.5. The minimum Gasteiger partial charge on any atom is -0.344 e. The SMILES string of the molecule is CC(C)c1ccc(C(NC(=O)CC2C=CCC2)c2cccs2)cc1. The second-order valence-corrected chi connectivity index (χ2v) is 7.79. The Kier molecular flexibility index (Phi) is 5.52. The molecule has 0 saturated carbocycles. The van der Waals surface area contributed by atoms with Crippen LogP contribution in [-0.2, 0) is 4.79 Å². The van der Waals surface area contributed by atoms with Gasteiger partial charge in [-0.05, 0) is 47.3 Å². The van der Waals surface area contributed by atoms with Crippen molar-refractivity contribution in [2.45, 2.75) is 45.1 Å². The second-order valence-electron chi connectivity index (χ2n) is 6.81. The van der Waals surface area contributed by atoms with Gasteiger partial charge in [0.15, 0.2) is 0 Å². The van der Waals surface area contributed by atoms with Crippen LogP contribution >= 0.6 is 11.3 Å². The minimum absolute atomic E-state index is 0.0518. The molecule has 126 valence electrons. The highest BCUT2D eigenvalue weighted by Gasteiger charge is 2.20. The van der Waals surface area contributed by atoms with Crippen LogP contribution in [0.4, 0.5) is 0 Å². The van der Waals surface area contributed by atoms with Gasteiger partial charge in [0.05, 0.1) is 6.04 Å². The molecule has 3 heteroatoms. The molecule has 2 unspecified atom stereocenters. The van der Waals surface area contributed by atoms with E-state index in [2.05, 4.69) is 67.0 Å². The number of carbonyl (C=O) groups excluding carboxylic acids is 1. The Balaban J connectivity index is 1.76. The van der Waals surface area contributed by atoms with E-state index in [0.29, 0.717) is 18.3 Å². The summed E-state index contributed by atoms with van der Waals surface area (Å²) in [6.45, 7) is 4.39.